The van der Waals surface area contributed by atoms with Crippen LogP contribution in [-0.2, 0) is 0 Å². The molecular weight excluding hydrogens is 238 g/mol. The minimum absolute atomic E-state index is 0.0211. The highest BCUT2D eigenvalue weighted by Gasteiger charge is 2.11. The highest BCUT2D eigenvalue weighted by Crippen LogP contribution is 2.24. The maximum absolute atomic E-state index is 8.61. The van der Waals surface area contributed by atoms with Gasteiger partial charge >= 0.3 is 0 Å². The third kappa shape index (κ3) is 3.03. The maximum atomic E-state index is 8.61. The summed E-state index contributed by atoms with van der Waals surface area (Å²) in [4.78, 5) is 2.14. The van der Waals surface area contributed by atoms with E-state index in [1.54, 1.807) is 6.07 Å². The van der Waals surface area contributed by atoms with Gasteiger partial charge in [0.15, 0.2) is 5.84 Å². The molecule has 1 aromatic carbocycles. The summed E-state index contributed by atoms with van der Waals surface area (Å²) in [5, 5.41) is 12.0. The Hall–Kier alpha value is -1.42. The SMILES string of the molecule is CCC(C)N(C)c1ccc(C(N)=NO)c(Cl)c1. The molecule has 4 nitrogen and oxygen atoms in total. The smallest absolute Gasteiger partial charge is 0.171 e. The Morgan fingerprint density at radius 1 is 1.59 bits per heavy atom. The number of amidine groups is 1. The number of anilines is 1. The van der Waals surface area contributed by atoms with Gasteiger partial charge in [0.05, 0.1) is 5.02 Å². The van der Waals surface area contributed by atoms with Crippen LogP contribution in [0.4, 0.5) is 5.69 Å². The van der Waals surface area contributed by atoms with E-state index in [2.05, 4.69) is 23.9 Å². The lowest BCUT2D eigenvalue weighted by molar-refractivity contribution is 0.318. The lowest BCUT2D eigenvalue weighted by Crippen LogP contribution is -2.28. The molecule has 0 aliphatic carbocycles. The van der Waals surface area contributed by atoms with Crippen molar-refractivity contribution < 1.29 is 5.21 Å². The molecule has 5 heteroatoms. The van der Waals surface area contributed by atoms with Gasteiger partial charge in [-0.15, -0.1) is 0 Å². The van der Waals surface area contributed by atoms with E-state index in [0.717, 1.165) is 12.1 Å². The third-order valence-corrected chi connectivity index (χ3v) is 3.31. The van der Waals surface area contributed by atoms with Gasteiger partial charge in [0, 0.05) is 24.3 Å². The lowest BCUT2D eigenvalue weighted by Gasteiger charge is -2.26. The van der Waals surface area contributed by atoms with Gasteiger partial charge < -0.3 is 15.8 Å². The van der Waals surface area contributed by atoms with Crippen molar-refractivity contribution in [2.24, 2.45) is 10.9 Å². The molecule has 0 aromatic heterocycles. The average molecular weight is 256 g/mol. The van der Waals surface area contributed by atoms with Gasteiger partial charge in [0.25, 0.3) is 0 Å². The van der Waals surface area contributed by atoms with Gasteiger partial charge in [-0.1, -0.05) is 23.7 Å². The zero-order valence-corrected chi connectivity index (χ0v) is 11.1. The Morgan fingerprint density at radius 2 is 2.24 bits per heavy atom. The van der Waals surface area contributed by atoms with E-state index in [4.69, 9.17) is 22.5 Å². The first-order valence-electron chi connectivity index (χ1n) is 5.51. The fourth-order valence-corrected chi connectivity index (χ4v) is 1.78. The van der Waals surface area contributed by atoms with Crippen LogP contribution in [0.1, 0.15) is 25.8 Å². The molecule has 17 heavy (non-hydrogen) atoms. The third-order valence-electron chi connectivity index (χ3n) is 3.00. The summed E-state index contributed by atoms with van der Waals surface area (Å²) in [7, 11) is 2.02. The Bertz CT molecular complexity index is 420. The standard InChI is InChI=1S/C12H18ClN3O/c1-4-8(2)16(3)9-5-6-10(11(13)7-9)12(14)15-17/h5-8,17H,4H2,1-3H3,(H2,14,15). The minimum Gasteiger partial charge on any atom is -0.409 e. The summed E-state index contributed by atoms with van der Waals surface area (Å²) < 4.78 is 0. The van der Waals surface area contributed by atoms with Gasteiger partial charge in [-0.25, -0.2) is 0 Å². The van der Waals surface area contributed by atoms with Crippen LogP contribution in [0.2, 0.25) is 5.02 Å². The van der Waals surface area contributed by atoms with Crippen LogP contribution in [0, 0.1) is 0 Å². The van der Waals surface area contributed by atoms with E-state index in [1.165, 1.54) is 0 Å². The summed E-state index contributed by atoms with van der Waals surface area (Å²) in [6.45, 7) is 4.28. The van der Waals surface area contributed by atoms with Crippen molar-refractivity contribution in [3.63, 3.8) is 0 Å². The van der Waals surface area contributed by atoms with E-state index < -0.39 is 0 Å². The van der Waals surface area contributed by atoms with Crippen LogP contribution >= 0.6 is 11.6 Å². The van der Waals surface area contributed by atoms with Crippen LogP contribution in [0.15, 0.2) is 23.4 Å². The van der Waals surface area contributed by atoms with Crippen molar-refractivity contribution in [1.29, 1.82) is 0 Å². The molecule has 0 saturated heterocycles. The second-order valence-electron chi connectivity index (χ2n) is 4.02. The Kier molecular flexibility index (Phi) is 4.63. The first-order chi connectivity index (χ1) is 8.01. The molecule has 0 fully saturated rings. The fraction of sp³-hybridized carbons (Fsp3) is 0.417. The second kappa shape index (κ2) is 5.77. The van der Waals surface area contributed by atoms with Crippen molar-refractivity contribution in [1.82, 2.24) is 0 Å². The number of rotatable bonds is 4. The summed E-state index contributed by atoms with van der Waals surface area (Å²) >= 11 is 6.10. The van der Waals surface area contributed by atoms with Gasteiger partial charge in [-0.3, -0.25) is 0 Å². The summed E-state index contributed by atoms with van der Waals surface area (Å²) in [6.07, 6.45) is 1.05. The highest BCUT2D eigenvalue weighted by molar-refractivity contribution is 6.34. The predicted molar refractivity (Wildman–Crippen MR) is 72.1 cm³/mol. The topological polar surface area (TPSA) is 61.8 Å². The quantitative estimate of drug-likeness (QED) is 0.376. The van der Waals surface area contributed by atoms with E-state index in [9.17, 15) is 0 Å². The fourth-order valence-electron chi connectivity index (χ4n) is 1.51. The molecular formula is C12H18ClN3O. The number of benzene rings is 1. The minimum atomic E-state index is 0.0211. The van der Waals surface area contributed by atoms with Crippen molar-refractivity contribution in [2.75, 3.05) is 11.9 Å². The van der Waals surface area contributed by atoms with Gasteiger partial charge in [-0.2, -0.15) is 0 Å². The molecule has 0 heterocycles. The summed E-state index contributed by atoms with van der Waals surface area (Å²) in [6, 6.07) is 5.92. The molecule has 0 radical (unpaired) electrons. The Morgan fingerprint density at radius 3 is 2.71 bits per heavy atom. The van der Waals surface area contributed by atoms with E-state index in [-0.39, 0.29) is 5.84 Å². The first kappa shape index (κ1) is 13.6. The maximum Gasteiger partial charge on any atom is 0.171 e. The molecule has 0 saturated carbocycles. The van der Waals surface area contributed by atoms with E-state index in [1.807, 2.05) is 19.2 Å². The lowest BCUT2D eigenvalue weighted by atomic mass is 10.1. The van der Waals surface area contributed by atoms with Crippen molar-refractivity contribution in [2.45, 2.75) is 26.3 Å². The molecule has 94 valence electrons. The number of nitrogens with zero attached hydrogens (tertiary/aromatic N) is 2. The molecule has 1 rings (SSSR count). The average Bonchev–Trinajstić information content (AvgIpc) is 2.35. The first-order valence-corrected chi connectivity index (χ1v) is 5.89. The normalized spacial score (nSPS) is 13.5. The van der Waals surface area contributed by atoms with Gasteiger partial charge in [0.1, 0.15) is 0 Å². The molecule has 3 N–H and O–H groups in total. The molecule has 1 aromatic rings. The van der Waals surface area contributed by atoms with Crippen molar-refractivity contribution >= 4 is 23.1 Å². The number of hydrogen-bond acceptors (Lipinski definition) is 3. The van der Waals surface area contributed by atoms with Crippen LogP contribution < -0.4 is 10.6 Å². The number of nitrogens with two attached hydrogens (primary N) is 1. The molecule has 0 bridgehead atoms. The molecule has 0 spiro atoms. The molecule has 0 aliphatic heterocycles. The van der Waals surface area contributed by atoms with Crippen LogP contribution in [0.5, 0.6) is 0 Å². The van der Waals surface area contributed by atoms with E-state index in [0.29, 0.717) is 16.6 Å². The monoisotopic (exact) mass is 255 g/mol. The number of halogens is 1. The molecule has 0 amide bonds. The van der Waals surface area contributed by atoms with Crippen molar-refractivity contribution in [3.8, 4) is 0 Å². The van der Waals surface area contributed by atoms with Crippen LogP contribution in [-0.4, -0.2) is 24.1 Å². The number of oxime groups is 1. The molecule has 0 aliphatic rings. The summed E-state index contributed by atoms with van der Waals surface area (Å²) in [5.74, 6) is 0.0211. The zero-order valence-electron chi connectivity index (χ0n) is 10.3. The molecule has 1 atom stereocenters. The van der Waals surface area contributed by atoms with Crippen LogP contribution in [0.25, 0.3) is 0 Å². The zero-order chi connectivity index (χ0) is 13.0. The highest BCUT2D eigenvalue weighted by atomic mass is 35.5. The van der Waals surface area contributed by atoms with Crippen LogP contribution in [0.3, 0.4) is 0 Å². The van der Waals surface area contributed by atoms with Gasteiger partial charge in [0.2, 0.25) is 0 Å². The Labute approximate surface area is 107 Å². The summed E-state index contributed by atoms with van der Waals surface area (Å²) in [5.41, 5.74) is 7.06. The number of hydrogen-bond donors (Lipinski definition) is 2. The largest absolute Gasteiger partial charge is 0.409 e. The van der Waals surface area contributed by atoms with Gasteiger partial charge in [-0.05, 0) is 31.5 Å². The predicted octanol–water partition coefficient (Wildman–Crippen LogP) is 2.67. The Balaban J connectivity index is 3.04. The molecule has 1 unspecified atom stereocenters. The second-order valence-corrected chi connectivity index (χ2v) is 4.42. The van der Waals surface area contributed by atoms with Crippen molar-refractivity contribution in [3.05, 3.63) is 28.8 Å². The van der Waals surface area contributed by atoms with E-state index >= 15 is 0 Å².